The van der Waals surface area contributed by atoms with E-state index in [1.54, 1.807) is 12.1 Å². The van der Waals surface area contributed by atoms with Crippen LogP contribution in [0.1, 0.15) is 30.4 Å². The summed E-state index contributed by atoms with van der Waals surface area (Å²) in [7, 11) is 4.08. The van der Waals surface area contributed by atoms with E-state index < -0.39 is 5.82 Å². The van der Waals surface area contributed by atoms with Crippen molar-refractivity contribution < 1.29 is 9.50 Å². The number of hydrogen-bond acceptors (Lipinski definition) is 8. The summed E-state index contributed by atoms with van der Waals surface area (Å²) < 4.78 is 17.5. The number of aromatic hydroxyl groups is 1. The number of halogens is 1. The summed E-state index contributed by atoms with van der Waals surface area (Å²) in [5.41, 5.74) is 1.76. The highest BCUT2D eigenvalue weighted by Crippen LogP contribution is 2.45. The fourth-order valence-electron chi connectivity index (χ4n) is 7.11. The summed E-state index contributed by atoms with van der Waals surface area (Å²) in [6, 6.07) is 18.2. The first kappa shape index (κ1) is 27.4. The zero-order valence-corrected chi connectivity index (χ0v) is 24.4. The molecule has 218 valence electrons. The van der Waals surface area contributed by atoms with Gasteiger partial charge in [0.2, 0.25) is 0 Å². The highest BCUT2D eigenvalue weighted by Gasteiger charge is 2.38. The van der Waals surface area contributed by atoms with Crippen molar-refractivity contribution in [3.8, 4) is 29.0 Å². The van der Waals surface area contributed by atoms with Crippen molar-refractivity contribution in [3.63, 3.8) is 0 Å². The van der Waals surface area contributed by atoms with E-state index in [1.165, 1.54) is 0 Å². The van der Waals surface area contributed by atoms with Crippen molar-refractivity contribution in [2.45, 2.75) is 43.8 Å². The minimum absolute atomic E-state index is 0.0307. The number of piperidine rings is 2. The Balaban J connectivity index is 1.54. The molecule has 4 aliphatic rings. The Morgan fingerprint density at radius 1 is 1.07 bits per heavy atom. The SMILES string of the molecule is CN(C)C1CN(c2nc(N3C[C@H]4CC[C@@H]3CN4)c3cc(CCC#N)c(-c4cc(O)cc5ccccc45)c(F)c3c2C#N)C1. The van der Waals surface area contributed by atoms with Gasteiger partial charge in [-0.15, -0.1) is 0 Å². The van der Waals surface area contributed by atoms with Crippen LogP contribution in [0.15, 0.2) is 42.5 Å². The van der Waals surface area contributed by atoms with E-state index in [9.17, 15) is 15.6 Å². The Morgan fingerprint density at radius 3 is 2.56 bits per heavy atom. The number of pyridine rings is 1. The summed E-state index contributed by atoms with van der Waals surface area (Å²) in [5.74, 6) is 0.752. The average Bonchev–Trinajstić information content (AvgIpc) is 2.99. The van der Waals surface area contributed by atoms with Gasteiger partial charge in [0.05, 0.1) is 6.07 Å². The molecule has 2 N–H and O–H groups in total. The van der Waals surface area contributed by atoms with Gasteiger partial charge in [-0.25, -0.2) is 9.37 Å². The van der Waals surface area contributed by atoms with Crippen molar-refractivity contribution >= 4 is 33.2 Å². The van der Waals surface area contributed by atoms with Crippen LogP contribution in [0.4, 0.5) is 16.0 Å². The first-order valence-corrected chi connectivity index (χ1v) is 15.0. The van der Waals surface area contributed by atoms with Gasteiger partial charge in [-0.1, -0.05) is 24.3 Å². The predicted molar refractivity (Wildman–Crippen MR) is 167 cm³/mol. The highest BCUT2D eigenvalue weighted by molar-refractivity contribution is 6.06. The quantitative estimate of drug-likeness (QED) is 0.334. The van der Waals surface area contributed by atoms with E-state index in [2.05, 4.69) is 32.2 Å². The number of anilines is 2. The Hall–Kier alpha value is -4.44. The number of rotatable bonds is 6. The Morgan fingerprint density at radius 2 is 1.88 bits per heavy atom. The number of nitriles is 2. The summed E-state index contributed by atoms with van der Waals surface area (Å²) >= 11 is 0. The molecule has 5 heterocycles. The van der Waals surface area contributed by atoms with Crippen molar-refractivity contribution in [2.24, 2.45) is 0 Å². The molecule has 0 saturated carbocycles. The lowest BCUT2D eigenvalue weighted by Crippen LogP contribution is -2.61. The lowest BCUT2D eigenvalue weighted by Gasteiger charge is -2.48. The van der Waals surface area contributed by atoms with Crippen LogP contribution in [0.2, 0.25) is 0 Å². The second-order valence-corrected chi connectivity index (χ2v) is 12.3. The van der Waals surface area contributed by atoms with Crippen LogP contribution in [-0.4, -0.2) is 73.4 Å². The van der Waals surface area contributed by atoms with E-state index in [0.29, 0.717) is 65.3 Å². The molecule has 0 aliphatic carbocycles. The van der Waals surface area contributed by atoms with Crippen LogP contribution in [0, 0.1) is 28.5 Å². The van der Waals surface area contributed by atoms with Gasteiger partial charge >= 0.3 is 0 Å². The standard InChI is InChI=1S/C34H34FN7O/c1-40(2)24-18-41(19-24)33-29(15-37)31-28(34(39-33)42-17-22-9-10-23(42)16-38-22)13-21(7-5-11-36)30(32(31)35)27-14-25(43)12-20-6-3-4-8-26(20)27/h3-4,6,8,12-14,22-24,38,43H,5,7,9-10,16-19H2,1-2H3/t22-,23-/m1/s1. The summed E-state index contributed by atoms with van der Waals surface area (Å²) in [4.78, 5) is 11.7. The number of piperazine rings is 1. The molecule has 4 aliphatic heterocycles. The lowest BCUT2D eigenvalue weighted by molar-refractivity contribution is 0.246. The number of nitrogens with zero attached hydrogens (tertiary/aromatic N) is 6. The topological polar surface area (TPSA) is 102 Å². The number of benzene rings is 3. The minimum Gasteiger partial charge on any atom is -0.508 e. The molecule has 1 aromatic heterocycles. The first-order valence-electron chi connectivity index (χ1n) is 15.0. The predicted octanol–water partition coefficient (Wildman–Crippen LogP) is 4.92. The first-order chi connectivity index (χ1) is 20.9. The fourth-order valence-corrected chi connectivity index (χ4v) is 7.11. The van der Waals surface area contributed by atoms with Gasteiger partial charge in [0.15, 0.2) is 0 Å². The zero-order chi connectivity index (χ0) is 29.8. The van der Waals surface area contributed by atoms with Crippen LogP contribution >= 0.6 is 0 Å². The molecule has 0 spiro atoms. The number of aryl methyl sites for hydroxylation is 1. The van der Waals surface area contributed by atoms with Gasteiger partial charge in [0.25, 0.3) is 0 Å². The van der Waals surface area contributed by atoms with Gasteiger partial charge in [0, 0.05) is 67.1 Å². The van der Waals surface area contributed by atoms with Crippen molar-refractivity contribution in [2.75, 3.05) is 50.1 Å². The molecule has 0 radical (unpaired) electrons. The van der Waals surface area contributed by atoms with Crippen LogP contribution in [0.5, 0.6) is 5.75 Å². The number of phenols is 1. The third-order valence-corrected chi connectivity index (χ3v) is 9.52. The molecule has 8 nitrogen and oxygen atoms in total. The molecule has 4 fully saturated rings. The third kappa shape index (κ3) is 4.52. The summed E-state index contributed by atoms with van der Waals surface area (Å²) in [6.07, 6.45) is 2.66. The van der Waals surface area contributed by atoms with E-state index in [4.69, 9.17) is 4.98 Å². The molecule has 3 aromatic carbocycles. The summed E-state index contributed by atoms with van der Waals surface area (Å²) in [5, 5.41) is 36.8. The third-order valence-electron chi connectivity index (χ3n) is 9.52. The largest absolute Gasteiger partial charge is 0.508 e. The van der Waals surface area contributed by atoms with Gasteiger partial charge < -0.3 is 25.1 Å². The van der Waals surface area contributed by atoms with Crippen molar-refractivity contribution in [3.05, 3.63) is 59.4 Å². The Bertz CT molecular complexity index is 1830. The molecule has 9 heteroatoms. The number of phenolic OH excluding ortho intramolecular Hbond substituents is 1. The molecule has 4 aromatic rings. The monoisotopic (exact) mass is 575 g/mol. The van der Waals surface area contributed by atoms with E-state index in [0.717, 1.165) is 36.7 Å². The lowest BCUT2D eigenvalue weighted by atomic mass is 9.87. The van der Waals surface area contributed by atoms with E-state index in [1.807, 2.05) is 44.4 Å². The number of aromatic nitrogens is 1. The highest BCUT2D eigenvalue weighted by atomic mass is 19.1. The molecule has 2 atom stereocenters. The smallest absolute Gasteiger partial charge is 0.149 e. The van der Waals surface area contributed by atoms with Crippen LogP contribution in [0.25, 0.3) is 32.7 Å². The number of likely N-dealkylation sites (N-methyl/N-ethyl adjacent to an activating group) is 1. The molecule has 2 bridgehead atoms. The Kier molecular flexibility index (Phi) is 6.80. The minimum atomic E-state index is -0.507. The second-order valence-electron chi connectivity index (χ2n) is 12.3. The molecular weight excluding hydrogens is 541 g/mol. The van der Waals surface area contributed by atoms with Crippen molar-refractivity contribution in [1.29, 1.82) is 10.5 Å². The number of fused-ring (bicyclic) bond motifs is 5. The maximum absolute atomic E-state index is 17.5. The van der Waals surface area contributed by atoms with Gasteiger partial charge in [-0.3, -0.25) is 0 Å². The molecule has 8 rings (SSSR count). The van der Waals surface area contributed by atoms with E-state index in [-0.39, 0.29) is 29.2 Å². The Labute approximate surface area is 250 Å². The van der Waals surface area contributed by atoms with Crippen molar-refractivity contribution in [1.82, 2.24) is 15.2 Å². The maximum atomic E-state index is 17.5. The number of hydrogen-bond donors (Lipinski definition) is 2. The zero-order valence-electron chi connectivity index (χ0n) is 24.4. The van der Waals surface area contributed by atoms with Gasteiger partial charge in [-0.05, 0) is 73.5 Å². The summed E-state index contributed by atoms with van der Waals surface area (Å²) in [6.45, 7) is 3.03. The second kappa shape index (κ2) is 10.7. The normalized spacial score (nSPS) is 20.0. The van der Waals surface area contributed by atoms with Crippen LogP contribution in [0.3, 0.4) is 0 Å². The molecular formula is C34H34FN7O. The number of nitrogens with one attached hydrogen (secondary N) is 1. The van der Waals surface area contributed by atoms with Gasteiger partial charge in [-0.2, -0.15) is 10.5 Å². The van der Waals surface area contributed by atoms with E-state index >= 15 is 4.39 Å². The van der Waals surface area contributed by atoms with Crippen LogP contribution < -0.4 is 15.1 Å². The average molecular weight is 576 g/mol. The molecule has 0 amide bonds. The van der Waals surface area contributed by atoms with Gasteiger partial charge in [0.1, 0.15) is 34.8 Å². The molecule has 4 saturated heterocycles. The van der Waals surface area contributed by atoms with Crippen LogP contribution in [-0.2, 0) is 6.42 Å². The maximum Gasteiger partial charge on any atom is 0.149 e. The molecule has 0 unspecified atom stereocenters. The molecule has 43 heavy (non-hydrogen) atoms. The fraction of sp³-hybridized carbons (Fsp3) is 0.382.